The Hall–Kier alpha value is -2.79. The molecular formula is C18H20N6O3S2. The number of carbonyl (C=O) groups excluding carboxylic acids is 1. The van der Waals surface area contributed by atoms with Crippen LogP contribution in [0, 0.1) is 13.8 Å². The van der Waals surface area contributed by atoms with Crippen LogP contribution in [0.1, 0.15) is 33.6 Å². The summed E-state index contributed by atoms with van der Waals surface area (Å²) in [6, 6.07) is 6.91. The Bertz CT molecular complexity index is 1150. The number of hydrogen-bond donors (Lipinski definition) is 1. The van der Waals surface area contributed by atoms with Crippen molar-refractivity contribution in [2.45, 2.75) is 26.7 Å². The Kier molecular flexibility index (Phi) is 5.09. The molecule has 2 aromatic heterocycles. The maximum absolute atomic E-state index is 13.1. The summed E-state index contributed by atoms with van der Waals surface area (Å²) in [6.45, 7) is 4.27. The minimum absolute atomic E-state index is 0.145. The van der Waals surface area contributed by atoms with E-state index in [1.807, 2.05) is 13.8 Å². The van der Waals surface area contributed by atoms with Crippen LogP contribution in [0.4, 0.5) is 11.4 Å². The zero-order chi connectivity index (χ0) is 20.6. The van der Waals surface area contributed by atoms with Gasteiger partial charge in [0.15, 0.2) is 0 Å². The van der Waals surface area contributed by atoms with Gasteiger partial charge < -0.3 is 5.32 Å². The first-order valence-corrected chi connectivity index (χ1v) is 11.5. The lowest BCUT2D eigenvalue weighted by Crippen LogP contribution is -2.37. The first kappa shape index (κ1) is 19.5. The Balaban J connectivity index is 1.64. The molecule has 1 saturated heterocycles. The number of rotatable bonds is 4. The molecule has 1 aliphatic rings. The van der Waals surface area contributed by atoms with Crippen LogP contribution in [0.25, 0.3) is 5.00 Å². The van der Waals surface area contributed by atoms with Gasteiger partial charge in [0, 0.05) is 17.1 Å². The third-order valence-electron chi connectivity index (χ3n) is 4.89. The van der Waals surface area contributed by atoms with Crippen LogP contribution in [0.2, 0.25) is 0 Å². The third kappa shape index (κ3) is 3.75. The Morgan fingerprint density at radius 1 is 1.24 bits per heavy atom. The lowest BCUT2D eigenvalue weighted by atomic mass is 10.1. The molecule has 0 radical (unpaired) electrons. The van der Waals surface area contributed by atoms with Crippen LogP contribution in [-0.4, -0.2) is 46.8 Å². The van der Waals surface area contributed by atoms with Crippen LogP contribution >= 0.6 is 11.3 Å². The number of aromatic nitrogens is 4. The number of amides is 1. The van der Waals surface area contributed by atoms with Gasteiger partial charge in [-0.3, -0.25) is 9.10 Å². The van der Waals surface area contributed by atoms with E-state index in [9.17, 15) is 13.2 Å². The van der Waals surface area contributed by atoms with E-state index in [1.165, 1.54) is 26.7 Å². The molecule has 3 heterocycles. The lowest BCUT2D eigenvalue weighted by Gasteiger charge is -2.28. The second-order valence-corrected chi connectivity index (χ2v) is 10.0. The minimum Gasteiger partial charge on any atom is -0.322 e. The molecule has 0 atom stereocenters. The van der Waals surface area contributed by atoms with Crippen molar-refractivity contribution in [2.24, 2.45) is 0 Å². The molecule has 0 spiro atoms. The standard InChI is InChI=1S/C18H20N6O3S2/c1-12-13(2)28-18(23-11-19-21-22-23)16(12)17(25)20-14-6-5-7-15(10-14)24-8-3-4-9-29(24,26)27/h5-7,10-11H,3-4,8-9H2,1-2H3,(H,20,25). The van der Waals surface area contributed by atoms with Crippen molar-refractivity contribution in [3.05, 3.63) is 46.6 Å². The number of nitrogens with zero attached hydrogens (tertiary/aromatic N) is 5. The Morgan fingerprint density at radius 3 is 2.79 bits per heavy atom. The van der Waals surface area contributed by atoms with E-state index in [0.29, 0.717) is 34.9 Å². The molecule has 9 nitrogen and oxygen atoms in total. The van der Waals surface area contributed by atoms with E-state index in [4.69, 9.17) is 0 Å². The molecular weight excluding hydrogens is 412 g/mol. The predicted octanol–water partition coefficient (Wildman–Crippen LogP) is 2.52. The molecule has 11 heteroatoms. The topological polar surface area (TPSA) is 110 Å². The zero-order valence-electron chi connectivity index (χ0n) is 16.0. The molecule has 0 aliphatic carbocycles. The first-order chi connectivity index (χ1) is 13.9. The molecule has 29 heavy (non-hydrogen) atoms. The summed E-state index contributed by atoms with van der Waals surface area (Å²) in [7, 11) is -3.32. The summed E-state index contributed by atoms with van der Waals surface area (Å²) in [5, 5.41) is 14.7. The van der Waals surface area contributed by atoms with Crippen LogP contribution in [0.3, 0.4) is 0 Å². The molecule has 3 aromatic rings. The van der Waals surface area contributed by atoms with Crippen LogP contribution < -0.4 is 9.62 Å². The van der Waals surface area contributed by atoms with Gasteiger partial charge in [0.05, 0.1) is 17.0 Å². The van der Waals surface area contributed by atoms with Gasteiger partial charge in [0.25, 0.3) is 5.91 Å². The van der Waals surface area contributed by atoms with Crippen molar-refractivity contribution in [3.8, 4) is 5.00 Å². The highest BCUT2D eigenvalue weighted by molar-refractivity contribution is 7.92. The van der Waals surface area contributed by atoms with Gasteiger partial charge in [0.2, 0.25) is 10.0 Å². The summed E-state index contributed by atoms with van der Waals surface area (Å²) in [5.74, 6) is -0.150. The normalized spacial score (nSPS) is 16.0. The first-order valence-electron chi connectivity index (χ1n) is 9.12. The van der Waals surface area contributed by atoms with E-state index in [-0.39, 0.29) is 11.7 Å². The second kappa shape index (κ2) is 7.56. The van der Waals surface area contributed by atoms with E-state index >= 15 is 0 Å². The van der Waals surface area contributed by atoms with E-state index in [0.717, 1.165) is 16.9 Å². The monoisotopic (exact) mass is 432 g/mol. The molecule has 1 fully saturated rings. The van der Waals surface area contributed by atoms with E-state index in [2.05, 4.69) is 20.8 Å². The van der Waals surface area contributed by atoms with Gasteiger partial charge >= 0.3 is 0 Å². The van der Waals surface area contributed by atoms with Crippen molar-refractivity contribution in [1.82, 2.24) is 20.2 Å². The molecule has 0 saturated carbocycles. The van der Waals surface area contributed by atoms with Gasteiger partial charge in [-0.2, -0.15) is 4.68 Å². The summed E-state index contributed by atoms with van der Waals surface area (Å²) in [4.78, 5) is 14.1. The maximum atomic E-state index is 13.1. The largest absolute Gasteiger partial charge is 0.322 e. The van der Waals surface area contributed by atoms with Crippen molar-refractivity contribution < 1.29 is 13.2 Å². The fourth-order valence-electron chi connectivity index (χ4n) is 3.30. The van der Waals surface area contributed by atoms with Crippen molar-refractivity contribution in [3.63, 3.8) is 0 Å². The quantitative estimate of drug-likeness (QED) is 0.678. The molecule has 1 aliphatic heterocycles. The van der Waals surface area contributed by atoms with Gasteiger partial charge in [-0.1, -0.05) is 6.07 Å². The highest BCUT2D eigenvalue weighted by Crippen LogP contribution is 2.31. The van der Waals surface area contributed by atoms with Crippen molar-refractivity contribution >= 4 is 38.6 Å². The molecule has 1 N–H and O–H groups in total. The van der Waals surface area contributed by atoms with E-state index < -0.39 is 10.0 Å². The molecule has 152 valence electrons. The SMILES string of the molecule is Cc1sc(-n2cnnn2)c(C(=O)Nc2cccc(N3CCCCS3(=O)=O)c2)c1C. The number of benzene rings is 1. The maximum Gasteiger partial charge on any atom is 0.259 e. The zero-order valence-corrected chi connectivity index (χ0v) is 17.6. The smallest absolute Gasteiger partial charge is 0.259 e. The second-order valence-electron chi connectivity index (χ2n) is 6.82. The average Bonchev–Trinajstić information content (AvgIpc) is 3.30. The fourth-order valence-corrected chi connectivity index (χ4v) is 6.00. The van der Waals surface area contributed by atoms with E-state index in [1.54, 1.807) is 24.3 Å². The number of tetrazole rings is 1. The highest BCUT2D eigenvalue weighted by atomic mass is 32.2. The lowest BCUT2D eigenvalue weighted by molar-refractivity contribution is 0.102. The third-order valence-corrected chi connectivity index (χ3v) is 7.96. The highest BCUT2D eigenvalue weighted by Gasteiger charge is 2.26. The van der Waals surface area contributed by atoms with Crippen LogP contribution in [0.5, 0.6) is 0 Å². The number of nitrogens with one attached hydrogen (secondary N) is 1. The number of hydrogen-bond acceptors (Lipinski definition) is 7. The molecule has 1 amide bonds. The van der Waals surface area contributed by atoms with Crippen LogP contribution in [-0.2, 0) is 10.0 Å². The van der Waals surface area contributed by atoms with Gasteiger partial charge in [0.1, 0.15) is 11.3 Å². The molecule has 0 unspecified atom stereocenters. The van der Waals surface area contributed by atoms with Gasteiger partial charge in [-0.25, -0.2) is 8.42 Å². The predicted molar refractivity (Wildman–Crippen MR) is 111 cm³/mol. The Labute approximate surface area is 172 Å². The molecule has 4 rings (SSSR count). The number of aryl methyl sites for hydroxylation is 1. The van der Waals surface area contributed by atoms with Gasteiger partial charge in [-0.05, 0) is 60.9 Å². The van der Waals surface area contributed by atoms with Crippen molar-refractivity contribution in [2.75, 3.05) is 21.9 Å². The molecule has 1 aromatic carbocycles. The number of sulfonamides is 1. The van der Waals surface area contributed by atoms with Crippen molar-refractivity contribution in [1.29, 1.82) is 0 Å². The number of thiophene rings is 1. The summed E-state index contributed by atoms with van der Waals surface area (Å²) >= 11 is 1.44. The summed E-state index contributed by atoms with van der Waals surface area (Å²) in [6.07, 6.45) is 2.94. The number of anilines is 2. The number of carbonyl (C=O) groups is 1. The Morgan fingerprint density at radius 2 is 2.07 bits per heavy atom. The summed E-state index contributed by atoms with van der Waals surface area (Å²) < 4.78 is 27.6. The minimum atomic E-state index is -3.32. The van der Waals surface area contributed by atoms with Gasteiger partial charge in [-0.15, -0.1) is 16.4 Å². The summed E-state index contributed by atoms with van der Waals surface area (Å²) in [5.41, 5.74) is 2.43. The molecule has 0 bridgehead atoms. The average molecular weight is 433 g/mol. The van der Waals surface area contributed by atoms with Crippen LogP contribution in [0.15, 0.2) is 30.6 Å². The fraction of sp³-hybridized carbons (Fsp3) is 0.333.